The van der Waals surface area contributed by atoms with E-state index in [4.69, 9.17) is 0 Å². The fourth-order valence-electron chi connectivity index (χ4n) is 3.46. The Morgan fingerprint density at radius 3 is 2.67 bits per heavy atom. The van der Waals surface area contributed by atoms with Crippen LogP contribution in [0.1, 0.15) is 46.8 Å². The molecular weight excluding hydrogens is 256 g/mol. The summed E-state index contributed by atoms with van der Waals surface area (Å²) in [5.74, 6) is 0.329. The molecule has 0 amide bonds. The van der Waals surface area contributed by atoms with Crippen LogP contribution >= 0.6 is 0 Å². The lowest BCUT2D eigenvalue weighted by atomic mass is 9.87. The van der Waals surface area contributed by atoms with E-state index < -0.39 is 0 Å². The van der Waals surface area contributed by atoms with Crippen molar-refractivity contribution < 1.29 is 5.11 Å². The van der Waals surface area contributed by atoms with Crippen molar-refractivity contribution in [1.82, 2.24) is 0 Å². The second kappa shape index (κ2) is 6.03. The molecule has 1 N–H and O–H groups in total. The van der Waals surface area contributed by atoms with Crippen LogP contribution in [0.4, 0.5) is 0 Å². The maximum atomic E-state index is 10.8. The Hall–Kier alpha value is -1.60. The topological polar surface area (TPSA) is 20.2 Å². The first-order valence-electron chi connectivity index (χ1n) is 7.97. The van der Waals surface area contributed by atoms with Crippen LogP contribution in [-0.4, -0.2) is 5.11 Å². The van der Waals surface area contributed by atoms with E-state index in [1.165, 1.54) is 28.7 Å². The molecular formula is C20H24O. The summed E-state index contributed by atoms with van der Waals surface area (Å²) in [6.45, 7) is 4.31. The molecule has 1 nitrogen and oxygen atoms in total. The SMILES string of the molecule is Cc1ccc(CC2CCCc3ccccc3C2O)cc1C. The smallest absolute Gasteiger partial charge is 0.0824 e. The number of aryl methyl sites for hydroxylation is 3. The van der Waals surface area contributed by atoms with E-state index in [2.05, 4.69) is 50.2 Å². The Bertz CT molecular complexity index is 629. The summed E-state index contributed by atoms with van der Waals surface area (Å²) in [6.07, 6.45) is 4.00. The molecule has 0 aromatic heterocycles. The molecule has 2 unspecified atom stereocenters. The Morgan fingerprint density at radius 2 is 1.86 bits per heavy atom. The Morgan fingerprint density at radius 1 is 1.05 bits per heavy atom. The van der Waals surface area contributed by atoms with Crippen molar-refractivity contribution in [1.29, 1.82) is 0 Å². The molecule has 21 heavy (non-hydrogen) atoms. The van der Waals surface area contributed by atoms with Gasteiger partial charge in [-0.25, -0.2) is 0 Å². The Labute approximate surface area is 127 Å². The van der Waals surface area contributed by atoms with Gasteiger partial charge in [0.2, 0.25) is 0 Å². The summed E-state index contributed by atoms with van der Waals surface area (Å²) in [4.78, 5) is 0. The highest BCUT2D eigenvalue weighted by Gasteiger charge is 2.25. The van der Waals surface area contributed by atoms with Gasteiger partial charge in [0.25, 0.3) is 0 Å². The van der Waals surface area contributed by atoms with Crippen LogP contribution in [0.5, 0.6) is 0 Å². The number of fused-ring (bicyclic) bond motifs is 1. The minimum Gasteiger partial charge on any atom is -0.388 e. The summed E-state index contributed by atoms with van der Waals surface area (Å²) in [5.41, 5.74) is 6.50. The molecule has 0 bridgehead atoms. The van der Waals surface area contributed by atoms with E-state index in [-0.39, 0.29) is 6.10 Å². The summed E-state index contributed by atoms with van der Waals surface area (Å²) >= 11 is 0. The third-order valence-electron chi connectivity index (χ3n) is 4.91. The van der Waals surface area contributed by atoms with E-state index >= 15 is 0 Å². The molecule has 2 aromatic rings. The van der Waals surface area contributed by atoms with Gasteiger partial charge in [0.15, 0.2) is 0 Å². The summed E-state index contributed by atoms with van der Waals surface area (Å²) < 4.78 is 0. The summed E-state index contributed by atoms with van der Waals surface area (Å²) in [7, 11) is 0. The van der Waals surface area contributed by atoms with Gasteiger partial charge in [0.1, 0.15) is 0 Å². The van der Waals surface area contributed by atoms with E-state index in [1.807, 2.05) is 6.07 Å². The number of hydrogen-bond donors (Lipinski definition) is 1. The predicted molar refractivity (Wildman–Crippen MR) is 87.4 cm³/mol. The van der Waals surface area contributed by atoms with Gasteiger partial charge < -0.3 is 5.11 Å². The van der Waals surface area contributed by atoms with Crippen LogP contribution in [0.25, 0.3) is 0 Å². The van der Waals surface area contributed by atoms with E-state index in [9.17, 15) is 5.11 Å². The number of aliphatic hydroxyl groups excluding tert-OH is 1. The van der Waals surface area contributed by atoms with E-state index in [0.717, 1.165) is 24.8 Å². The highest BCUT2D eigenvalue weighted by Crippen LogP contribution is 2.35. The molecule has 0 saturated heterocycles. The number of aliphatic hydroxyl groups is 1. The fraction of sp³-hybridized carbons (Fsp3) is 0.400. The van der Waals surface area contributed by atoms with Gasteiger partial charge in [-0.05, 0) is 73.3 Å². The van der Waals surface area contributed by atoms with Gasteiger partial charge in [0.05, 0.1) is 6.10 Å². The van der Waals surface area contributed by atoms with Crippen molar-refractivity contribution in [3.05, 3.63) is 70.3 Å². The molecule has 0 heterocycles. The van der Waals surface area contributed by atoms with Crippen LogP contribution in [0, 0.1) is 19.8 Å². The molecule has 1 heteroatoms. The van der Waals surface area contributed by atoms with E-state index in [0.29, 0.717) is 5.92 Å². The first-order chi connectivity index (χ1) is 10.1. The Kier molecular flexibility index (Phi) is 4.12. The van der Waals surface area contributed by atoms with Crippen molar-refractivity contribution in [2.75, 3.05) is 0 Å². The zero-order valence-electron chi connectivity index (χ0n) is 13.0. The van der Waals surface area contributed by atoms with Crippen molar-refractivity contribution in [2.24, 2.45) is 5.92 Å². The second-order valence-electron chi connectivity index (χ2n) is 6.42. The largest absolute Gasteiger partial charge is 0.388 e. The van der Waals surface area contributed by atoms with Gasteiger partial charge in [-0.3, -0.25) is 0 Å². The minimum atomic E-state index is -0.328. The standard InChI is InChI=1S/C20H24O/c1-14-10-11-16(12-15(14)2)13-18-8-5-7-17-6-3-4-9-19(17)20(18)21/h3-4,6,9-12,18,20-21H,5,7-8,13H2,1-2H3. The normalized spacial score (nSPS) is 21.7. The van der Waals surface area contributed by atoms with Crippen LogP contribution in [0.15, 0.2) is 42.5 Å². The highest BCUT2D eigenvalue weighted by atomic mass is 16.3. The maximum Gasteiger partial charge on any atom is 0.0824 e. The highest BCUT2D eigenvalue weighted by molar-refractivity contribution is 5.33. The second-order valence-corrected chi connectivity index (χ2v) is 6.42. The molecule has 1 aliphatic carbocycles. The van der Waals surface area contributed by atoms with Crippen LogP contribution in [0.2, 0.25) is 0 Å². The van der Waals surface area contributed by atoms with Crippen LogP contribution in [0.3, 0.4) is 0 Å². The van der Waals surface area contributed by atoms with Crippen molar-refractivity contribution in [3.8, 4) is 0 Å². The van der Waals surface area contributed by atoms with Gasteiger partial charge in [-0.2, -0.15) is 0 Å². The molecule has 2 aromatic carbocycles. The molecule has 0 fully saturated rings. The maximum absolute atomic E-state index is 10.8. The molecule has 0 spiro atoms. The van der Waals surface area contributed by atoms with Gasteiger partial charge in [0, 0.05) is 0 Å². The first kappa shape index (κ1) is 14.3. The Balaban J connectivity index is 1.84. The average Bonchev–Trinajstić information content (AvgIpc) is 2.64. The number of rotatable bonds is 2. The van der Waals surface area contributed by atoms with Crippen LogP contribution < -0.4 is 0 Å². The average molecular weight is 280 g/mol. The lowest BCUT2D eigenvalue weighted by Crippen LogP contribution is -2.14. The third kappa shape index (κ3) is 3.03. The molecule has 1 aliphatic rings. The minimum absolute atomic E-state index is 0.328. The zero-order chi connectivity index (χ0) is 14.8. The van der Waals surface area contributed by atoms with Gasteiger partial charge >= 0.3 is 0 Å². The zero-order valence-corrected chi connectivity index (χ0v) is 13.0. The molecule has 3 rings (SSSR count). The predicted octanol–water partition coefficient (Wildman–Crippen LogP) is 4.53. The van der Waals surface area contributed by atoms with E-state index in [1.54, 1.807) is 0 Å². The fourth-order valence-corrected chi connectivity index (χ4v) is 3.46. The van der Waals surface area contributed by atoms with Crippen molar-refractivity contribution in [3.63, 3.8) is 0 Å². The van der Waals surface area contributed by atoms with Gasteiger partial charge in [-0.15, -0.1) is 0 Å². The lowest BCUT2D eigenvalue weighted by molar-refractivity contribution is 0.105. The van der Waals surface area contributed by atoms with Crippen molar-refractivity contribution >= 4 is 0 Å². The summed E-state index contributed by atoms with van der Waals surface area (Å²) in [6, 6.07) is 15.1. The van der Waals surface area contributed by atoms with Gasteiger partial charge in [-0.1, -0.05) is 42.5 Å². The first-order valence-corrected chi connectivity index (χ1v) is 7.97. The number of benzene rings is 2. The molecule has 2 atom stereocenters. The lowest BCUT2D eigenvalue weighted by Gasteiger charge is -2.22. The third-order valence-corrected chi connectivity index (χ3v) is 4.91. The van der Waals surface area contributed by atoms with Crippen LogP contribution in [-0.2, 0) is 12.8 Å². The number of hydrogen-bond acceptors (Lipinski definition) is 1. The molecule has 0 saturated carbocycles. The monoisotopic (exact) mass is 280 g/mol. The molecule has 110 valence electrons. The van der Waals surface area contributed by atoms with Crippen molar-refractivity contribution in [2.45, 2.75) is 45.6 Å². The quantitative estimate of drug-likeness (QED) is 0.801. The summed E-state index contributed by atoms with van der Waals surface area (Å²) in [5, 5.41) is 10.8. The molecule has 0 aliphatic heterocycles. The molecule has 0 radical (unpaired) electrons.